The number of ether oxygens (including phenoxy) is 1. The molecule has 1 aromatic carbocycles. The summed E-state index contributed by atoms with van der Waals surface area (Å²) in [5.41, 5.74) is 1.57. The van der Waals surface area contributed by atoms with Gasteiger partial charge in [-0.25, -0.2) is 0 Å². The quantitative estimate of drug-likeness (QED) is 0.856. The fourth-order valence-electron chi connectivity index (χ4n) is 3.92. The molecule has 4 saturated heterocycles. The van der Waals surface area contributed by atoms with Crippen LogP contribution >= 0.6 is 0 Å². The molecule has 0 atom stereocenters. The highest BCUT2D eigenvalue weighted by atomic mass is 16.5. The average molecular weight is 274 g/mol. The van der Waals surface area contributed by atoms with Crippen LogP contribution in [-0.2, 0) is 6.54 Å². The molecule has 4 aliphatic heterocycles. The summed E-state index contributed by atoms with van der Waals surface area (Å²) in [6, 6.07) is 8.36. The van der Waals surface area contributed by atoms with Crippen LogP contribution in [0.4, 0.5) is 0 Å². The summed E-state index contributed by atoms with van der Waals surface area (Å²) >= 11 is 0. The Morgan fingerprint density at radius 3 is 2.05 bits per heavy atom. The zero-order valence-electron chi connectivity index (χ0n) is 12.0. The molecule has 0 aliphatic carbocycles. The molecule has 0 radical (unpaired) electrons. The Kier molecular flexibility index (Phi) is 2.96. The van der Waals surface area contributed by atoms with Crippen molar-refractivity contribution in [3.05, 3.63) is 29.8 Å². The van der Waals surface area contributed by atoms with Crippen molar-refractivity contribution < 1.29 is 4.74 Å². The van der Waals surface area contributed by atoms with Crippen molar-refractivity contribution in [2.24, 2.45) is 0 Å². The van der Waals surface area contributed by atoms with Gasteiger partial charge in [0.2, 0.25) is 0 Å². The van der Waals surface area contributed by atoms with Crippen molar-refractivity contribution in [3.8, 4) is 5.75 Å². The Balaban J connectivity index is 1.43. The largest absolute Gasteiger partial charge is 0.497 e. The van der Waals surface area contributed by atoms with Crippen molar-refractivity contribution in [3.63, 3.8) is 0 Å². The lowest BCUT2D eigenvalue weighted by Crippen LogP contribution is -2.79. The van der Waals surface area contributed by atoms with E-state index in [1.165, 1.54) is 25.2 Å². The zero-order valence-corrected chi connectivity index (χ0v) is 12.0. The predicted molar refractivity (Wildman–Crippen MR) is 77.3 cm³/mol. The second-order valence-corrected chi connectivity index (χ2v) is 6.39. The SMILES string of the molecule is COc1ccc(CNC23CN4CN(CN(C4)C2)C3)cc1. The van der Waals surface area contributed by atoms with Gasteiger partial charge in [0.15, 0.2) is 0 Å². The minimum Gasteiger partial charge on any atom is -0.497 e. The smallest absolute Gasteiger partial charge is 0.118 e. The van der Waals surface area contributed by atoms with Crippen LogP contribution in [0.2, 0.25) is 0 Å². The van der Waals surface area contributed by atoms with Gasteiger partial charge < -0.3 is 10.1 Å². The maximum absolute atomic E-state index is 5.21. The van der Waals surface area contributed by atoms with Gasteiger partial charge >= 0.3 is 0 Å². The summed E-state index contributed by atoms with van der Waals surface area (Å²) in [6.07, 6.45) is 0. The molecule has 5 nitrogen and oxygen atoms in total. The summed E-state index contributed by atoms with van der Waals surface area (Å²) in [6.45, 7) is 7.88. The van der Waals surface area contributed by atoms with E-state index in [0.717, 1.165) is 32.3 Å². The van der Waals surface area contributed by atoms with E-state index < -0.39 is 0 Å². The van der Waals surface area contributed by atoms with Gasteiger partial charge in [-0.1, -0.05) is 12.1 Å². The monoisotopic (exact) mass is 274 g/mol. The van der Waals surface area contributed by atoms with Crippen LogP contribution in [0.3, 0.4) is 0 Å². The Morgan fingerprint density at radius 2 is 1.55 bits per heavy atom. The number of nitrogens with zero attached hydrogens (tertiary/aromatic N) is 3. The summed E-state index contributed by atoms with van der Waals surface area (Å²) < 4.78 is 5.21. The summed E-state index contributed by atoms with van der Waals surface area (Å²) in [4.78, 5) is 7.62. The van der Waals surface area contributed by atoms with Crippen molar-refractivity contribution >= 4 is 0 Å². The molecule has 0 amide bonds. The molecule has 5 heteroatoms. The number of hydrogen-bond acceptors (Lipinski definition) is 5. The molecule has 0 aromatic heterocycles. The second-order valence-electron chi connectivity index (χ2n) is 6.39. The molecular weight excluding hydrogens is 252 g/mol. The summed E-state index contributed by atoms with van der Waals surface area (Å²) in [5, 5.41) is 3.82. The van der Waals surface area contributed by atoms with Crippen LogP contribution in [0.1, 0.15) is 5.56 Å². The minimum absolute atomic E-state index is 0.245. The van der Waals surface area contributed by atoms with E-state index in [-0.39, 0.29) is 5.54 Å². The number of nitrogens with one attached hydrogen (secondary N) is 1. The van der Waals surface area contributed by atoms with Crippen LogP contribution < -0.4 is 10.1 Å². The molecule has 4 aliphatic rings. The highest BCUT2D eigenvalue weighted by Crippen LogP contribution is 2.29. The second kappa shape index (κ2) is 4.70. The van der Waals surface area contributed by atoms with Crippen LogP contribution in [0.15, 0.2) is 24.3 Å². The van der Waals surface area contributed by atoms with E-state index in [1.54, 1.807) is 7.11 Å². The molecule has 20 heavy (non-hydrogen) atoms. The van der Waals surface area contributed by atoms with E-state index in [1.807, 2.05) is 12.1 Å². The van der Waals surface area contributed by atoms with Crippen molar-refractivity contribution in [1.29, 1.82) is 0 Å². The standard InChI is InChI=1S/C15H22N4O/c1-20-14-4-2-13(3-5-14)6-16-15-7-17-10-18(8-15)12-19(9-15)11-17/h2-5,16H,6-12H2,1H3. The van der Waals surface area contributed by atoms with Gasteiger partial charge in [-0.3, -0.25) is 14.7 Å². The molecule has 1 aromatic rings. The Bertz CT molecular complexity index is 452. The van der Waals surface area contributed by atoms with Gasteiger partial charge in [-0.05, 0) is 17.7 Å². The highest BCUT2D eigenvalue weighted by molar-refractivity contribution is 5.27. The Morgan fingerprint density at radius 1 is 1.00 bits per heavy atom. The maximum atomic E-state index is 5.21. The summed E-state index contributed by atoms with van der Waals surface area (Å²) in [5.74, 6) is 0.923. The molecule has 108 valence electrons. The number of benzene rings is 1. The van der Waals surface area contributed by atoms with Crippen LogP contribution in [0, 0.1) is 0 Å². The summed E-state index contributed by atoms with van der Waals surface area (Å²) in [7, 11) is 1.71. The van der Waals surface area contributed by atoms with E-state index in [4.69, 9.17) is 4.74 Å². The van der Waals surface area contributed by atoms with E-state index in [0.29, 0.717) is 0 Å². The normalized spacial score (nSPS) is 38.1. The highest BCUT2D eigenvalue weighted by Gasteiger charge is 2.48. The molecule has 1 N–H and O–H groups in total. The molecule has 5 rings (SSSR count). The minimum atomic E-state index is 0.245. The van der Waals surface area contributed by atoms with Crippen molar-refractivity contribution in [1.82, 2.24) is 20.0 Å². The average Bonchev–Trinajstić information content (AvgIpc) is 2.44. The maximum Gasteiger partial charge on any atom is 0.118 e. The van der Waals surface area contributed by atoms with Crippen LogP contribution in [0.25, 0.3) is 0 Å². The van der Waals surface area contributed by atoms with Gasteiger partial charge in [-0.2, -0.15) is 0 Å². The fraction of sp³-hybridized carbons (Fsp3) is 0.600. The molecular formula is C15H22N4O. The number of rotatable bonds is 4. The van der Waals surface area contributed by atoms with Crippen LogP contribution in [-0.4, -0.2) is 67.0 Å². The van der Waals surface area contributed by atoms with Gasteiger partial charge in [-0.15, -0.1) is 0 Å². The van der Waals surface area contributed by atoms with Crippen molar-refractivity contribution in [2.75, 3.05) is 46.8 Å². The van der Waals surface area contributed by atoms with E-state index in [9.17, 15) is 0 Å². The number of hydrogen-bond donors (Lipinski definition) is 1. The third-order valence-corrected chi connectivity index (χ3v) is 4.61. The lowest BCUT2D eigenvalue weighted by molar-refractivity contribution is -0.150. The van der Waals surface area contributed by atoms with Crippen molar-refractivity contribution in [2.45, 2.75) is 12.1 Å². The van der Waals surface area contributed by atoms with E-state index >= 15 is 0 Å². The number of methoxy groups -OCH3 is 1. The van der Waals surface area contributed by atoms with E-state index in [2.05, 4.69) is 32.1 Å². The molecule has 0 spiro atoms. The van der Waals surface area contributed by atoms with Gasteiger partial charge in [0.05, 0.1) is 32.7 Å². The lowest BCUT2D eigenvalue weighted by atomic mass is 9.90. The molecule has 0 saturated carbocycles. The first kappa shape index (κ1) is 12.6. The van der Waals surface area contributed by atoms with Gasteiger partial charge in [0.1, 0.15) is 5.75 Å². The first-order valence-corrected chi connectivity index (χ1v) is 7.30. The first-order chi connectivity index (χ1) is 9.75. The molecule has 4 heterocycles. The third kappa shape index (κ3) is 2.20. The Hall–Kier alpha value is -1.14. The molecule has 4 fully saturated rings. The Labute approximate surface area is 120 Å². The molecule has 0 unspecified atom stereocenters. The topological polar surface area (TPSA) is 31.0 Å². The fourth-order valence-corrected chi connectivity index (χ4v) is 3.92. The van der Waals surface area contributed by atoms with Gasteiger partial charge in [0.25, 0.3) is 0 Å². The van der Waals surface area contributed by atoms with Crippen LogP contribution in [0.5, 0.6) is 5.75 Å². The predicted octanol–water partition coefficient (Wildman–Crippen LogP) is 0.343. The zero-order chi connectivity index (χ0) is 13.6. The third-order valence-electron chi connectivity index (χ3n) is 4.61. The first-order valence-electron chi connectivity index (χ1n) is 7.30. The lowest BCUT2D eigenvalue weighted by Gasteiger charge is -2.60. The molecule has 4 bridgehead atoms. The van der Waals surface area contributed by atoms with Gasteiger partial charge in [0, 0.05) is 26.2 Å².